The van der Waals surface area contributed by atoms with E-state index in [1.807, 2.05) is 0 Å². The van der Waals surface area contributed by atoms with Crippen molar-refractivity contribution >= 4 is 64.9 Å². The minimum absolute atomic E-state index is 0. The number of carbonyl (C=O) groups excluding carboxylic acids is 3. The second-order valence-corrected chi connectivity index (χ2v) is 32.6. The summed E-state index contributed by atoms with van der Waals surface area (Å²) in [4.78, 5) is 87.8. The van der Waals surface area contributed by atoms with Crippen LogP contribution in [0.3, 0.4) is 0 Å². The molecule has 0 spiro atoms. The van der Waals surface area contributed by atoms with Crippen LogP contribution in [0.2, 0.25) is 0 Å². The van der Waals surface area contributed by atoms with Crippen molar-refractivity contribution in [3.8, 4) is 23.0 Å². The van der Waals surface area contributed by atoms with Gasteiger partial charge in [-0.15, -0.1) is 0 Å². The summed E-state index contributed by atoms with van der Waals surface area (Å²) in [6.45, 7) is 0.225. The molecule has 3 aliphatic heterocycles. The highest BCUT2D eigenvalue weighted by atomic mass is 35.5. The molecule has 0 bridgehead atoms. The topological polar surface area (TPSA) is 471 Å². The Hall–Kier alpha value is -9.86. The number of benzene rings is 4. The minimum Gasteiger partial charge on any atom is -1.00 e. The number of aliphatic hydroxyl groups is 1. The van der Waals surface area contributed by atoms with Gasteiger partial charge in [-0.05, 0) is 134 Å². The van der Waals surface area contributed by atoms with E-state index in [1.165, 1.54) is 51.4 Å². The summed E-state index contributed by atoms with van der Waals surface area (Å²) in [5.74, 6) is -19.1. The molecule has 13 rings (SSSR count). The van der Waals surface area contributed by atoms with Gasteiger partial charge in [0.15, 0.2) is 42.0 Å². The molecule has 6 aliphatic rings. The molecule has 672 valence electrons. The third kappa shape index (κ3) is 27.6. The minimum atomic E-state index is -4.91. The maximum atomic E-state index is 14.1. The van der Waals surface area contributed by atoms with E-state index in [1.54, 1.807) is 85.7 Å². The molecule has 50 heteroatoms. The predicted molar refractivity (Wildman–Crippen MR) is 407 cm³/mol. The van der Waals surface area contributed by atoms with Crippen molar-refractivity contribution in [1.82, 2.24) is 44.2 Å². The van der Waals surface area contributed by atoms with Gasteiger partial charge in [-0.1, -0.05) is 54.6 Å². The Labute approximate surface area is 701 Å². The van der Waals surface area contributed by atoms with Crippen molar-refractivity contribution in [2.75, 3.05) is 52.0 Å². The van der Waals surface area contributed by atoms with Crippen LogP contribution in [0.25, 0.3) is 0 Å². The number of H-pyrrole nitrogens is 1. The van der Waals surface area contributed by atoms with E-state index in [9.17, 15) is 77.6 Å². The number of aliphatic hydroxyl groups excluding tert-OH is 1. The van der Waals surface area contributed by atoms with Crippen molar-refractivity contribution in [2.45, 2.75) is 172 Å². The van der Waals surface area contributed by atoms with Gasteiger partial charge in [-0.25, -0.2) is 59.3 Å². The average Bonchev–Trinajstić information content (AvgIpc) is 1.66. The van der Waals surface area contributed by atoms with Gasteiger partial charge in [0.1, 0.15) is 66.5 Å². The Morgan fingerprint density at radius 2 is 0.967 bits per heavy atom. The SMILES string of the molecule is CN(C)C=Nc1nc(=O)n([C@@H]2CO[C@H](CO)O2)cc1F.C[C@H](N[P@@](=O)(Oc1ccccc1)O[C@H]1OC[C@@H]([n+]2cc(F)c(N)[nH]c2=O)O1)C(=O)OC1CCCC1.C[C@H](N[P@@](=O)(Oc1ccccc1)O[C@H]1OC[C@@H](n2cc(F)c(N)nc2=O)O1)C(=O)OC1CCCC1.C[C@H](N[P@](=O)(Oc1ccccc1)Oc1c(F)c(F)c(F)c(F)c1F)C(=O)OC1CCCC1.[Cl-]. The molecule has 12 atom stereocenters. The van der Waals surface area contributed by atoms with Crippen molar-refractivity contribution in [2.24, 2.45) is 4.99 Å². The van der Waals surface area contributed by atoms with Crippen LogP contribution in [0.15, 0.2) is 129 Å². The molecule has 123 heavy (non-hydrogen) atoms. The zero-order valence-electron chi connectivity index (χ0n) is 66.0. The Kier molecular flexibility index (Phi) is 35.2. The fraction of sp³-hybridized carbons (Fsp3) is 0.452. The number of ether oxygens (including phenoxy) is 9. The fourth-order valence-electron chi connectivity index (χ4n) is 11.9. The summed E-state index contributed by atoms with van der Waals surface area (Å²) in [6.07, 6.45) is 9.48. The van der Waals surface area contributed by atoms with E-state index in [-0.39, 0.29) is 80.2 Å². The number of nitrogen functional groups attached to an aromatic ring is 2. The lowest BCUT2D eigenvalue weighted by molar-refractivity contribution is -0.773. The zero-order chi connectivity index (χ0) is 88.2. The number of esters is 3. The number of rotatable bonds is 30. The number of halogens is 9. The van der Waals surface area contributed by atoms with Gasteiger partial charge in [-0.3, -0.25) is 28.3 Å². The number of para-hydroxylation sites is 3. The molecule has 4 aromatic carbocycles. The Morgan fingerprint density at radius 3 is 1.41 bits per heavy atom. The first-order valence-corrected chi connectivity index (χ1v) is 42.3. The lowest BCUT2D eigenvalue weighted by Crippen LogP contribution is -3.00. The van der Waals surface area contributed by atoms with Crippen molar-refractivity contribution in [3.63, 3.8) is 0 Å². The summed E-state index contributed by atoms with van der Waals surface area (Å²) >= 11 is 0. The normalized spacial score (nSPS) is 21.2. The maximum absolute atomic E-state index is 14.1. The summed E-state index contributed by atoms with van der Waals surface area (Å²) in [5.41, 5.74) is 8.33. The molecule has 6 fully saturated rings. The molecule has 0 unspecified atom stereocenters. The third-order valence-corrected chi connectivity index (χ3v) is 22.7. The number of anilines is 2. The molecule has 3 saturated carbocycles. The van der Waals surface area contributed by atoms with Gasteiger partial charge >= 0.3 is 58.2 Å². The summed E-state index contributed by atoms with van der Waals surface area (Å²) in [7, 11) is -10.1. The van der Waals surface area contributed by atoms with Crippen LogP contribution < -0.4 is 78.9 Å². The van der Waals surface area contributed by atoms with Gasteiger partial charge in [0.05, 0.1) is 38.6 Å². The number of nitrogens with one attached hydrogen (secondary N) is 4. The second kappa shape index (κ2) is 44.6. The van der Waals surface area contributed by atoms with Crippen LogP contribution in [0, 0.1) is 46.5 Å². The van der Waals surface area contributed by atoms with Crippen LogP contribution in [-0.2, 0) is 79.8 Å². The smallest absolute Gasteiger partial charge is 0.513 e. The predicted octanol–water partition coefficient (Wildman–Crippen LogP) is 6.23. The number of nitrogens with zero attached hydrogens (tertiary/aromatic N) is 7. The number of carbonyl (C=O) groups is 3. The first kappa shape index (κ1) is 97.0. The quantitative estimate of drug-likeness (QED) is 0.00302. The highest BCUT2D eigenvalue weighted by molar-refractivity contribution is 7.53. The number of aromatic amines is 1. The van der Waals surface area contributed by atoms with Crippen LogP contribution in [0.5, 0.6) is 23.0 Å². The summed E-state index contributed by atoms with van der Waals surface area (Å²) < 4.78 is 233. The molecule has 0 amide bonds. The number of hydrogen-bond donors (Lipinski definition) is 7. The van der Waals surface area contributed by atoms with Gasteiger partial charge < -0.3 is 89.9 Å². The van der Waals surface area contributed by atoms with Crippen LogP contribution in [0.1, 0.15) is 117 Å². The molecule has 9 N–H and O–H groups in total. The third-order valence-electron chi connectivity index (χ3n) is 17.9. The van der Waals surface area contributed by atoms with E-state index >= 15 is 0 Å². The highest BCUT2D eigenvalue weighted by Gasteiger charge is 2.45. The molecule has 3 aromatic heterocycles. The number of aromatic nitrogens is 6. The van der Waals surface area contributed by atoms with Gasteiger partial charge in [0, 0.05) is 14.1 Å². The highest BCUT2D eigenvalue weighted by Crippen LogP contribution is 2.51. The molecular weight excluding hydrogens is 1740 g/mol. The van der Waals surface area contributed by atoms with E-state index in [0.29, 0.717) is 12.8 Å². The lowest BCUT2D eigenvalue weighted by Gasteiger charge is -2.25. The van der Waals surface area contributed by atoms with E-state index in [0.717, 1.165) is 96.5 Å². The number of nitrogens with two attached hydrogens (primary N) is 2. The zero-order valence-corrected chi connectivity index (χ0v) is 69.4. The lowest BCUT2D eigenvalue weighted by atomic mass is 10.3. The molecule has 3 aliphatic carbocycles. The molecule has 38 nitrogen and oxygen atoms in total. The summed E-state index contributed by atoms with van der Waals surface area (Å²) in [5, 5.41) is 16.1. The van der Waals surface area contributed by atoms with Crippen molar-refractivity contribution in [1.29, 1.82) is 0 Å². The second-order valence-electron chi connectivity index (χ2n) is 27.7. The van der Waals surface area contributed by atoms with Crippen molar-refractivity contribution in [3.05, 3.63) is 188 Å². The van der Waals surface area contributed by atoms with Gasteiger partial charge in [-0.2, -0.15) is 52.7 Å². The summed E-state index contributed by atoms with van der Waals surface area (Å²) in [6, 6.07) is 19.9. The fourth-order valence-corrected chi connectivity index (χ4v) is 16.3. The first-order chi connectivity index (χ1) is 58.1. The van der Waals surface area contributed by atoms with Gasteiger partial charge in [0.25, 0.3) is 13.0 Å². The molecule has 7 aromatic rings. The Bertz CT molecular complexity index is 4910. The van der Waals surface area contributed by atoms with E-state index in [2.05, 4.69) is 35.2 Å². The molecule has 0 radical (unpaired) electrons. The molecule has 6 heterocycles. The Balaban J connectivity index is 0.000000189. The molecule has 3 saturated heterocycles. The van der Waals surface area contributed by atoms with Crippen LogP contribution in [0.4, 0.5) is 52.6 Å². The maximum Gasteiger partial charge on any atom is 0.513 e. The van der Waals surface area contributed by atoms with E-state index in [4.69, 9.17) is 86.3 Å². The molecular formula is C73H87ClF8N13O25P3. The largest absolute Gasteiger partial charge is 1.00 e. The first-order valence-electron chi connectivity index (χ1n) is 37.7. The van der Waals surface area contributed by atoms with Gasteiger partial charge in [0.2, 0.25) is 52.7 Å². The average molecular weight is 1830 g/mol. The van der Waals surface area contributed by atoms with Crippen LogP contribution in [-0.4, -0.2) is 155 Å². The Morgan fingerprint density at radius 1 is 0.569 bits per heavy atom. The van der Waals surface area contributed by atoms with Crippen LogP contribution >= 0.6 is 23.2 Å². The van der Waals surface area contributed by atoms with Crippen molar-refractivity contribution < 1.29 is 155 Å². The number of aliphatic imine (C=N–C) groups is 1. The monoisotopic (exact) mass is 1830 g/mol. The standard InChI is InChI=1S/2C21H26FN4O8P.C20H19F5NO5P.C11H15FN4O4.ClH/c2*1-13(19(27)31-14-7-5-6-8-14)25-35(29,33-15-9-3-2-4-10-15)34-21-30-12-17(32-21)26-11-16(22)18(23)24-20(26)28;1-11(20(27)29-12-7-5-6-8-12)26-32(28,30-13-9-3-2-4-10-13)31-19-17(24)15(22)14(21)16(23)18(19)25;1-15(2)6-13-10-7(12)3-16(11(18)14-10)8-5-19-9(4-17)20-8;/h2-4,9-11,13-14,17,21H,5-8,12H2,1H3,(H,25,29)(H2,23,24,28);2-4,9-11,13-14,17,21H,5-8,12H2,1H3,(H3,23,24,25,28,29);2-4,9-12H,5-8H2,1H3,(H,26,28);3,6,8-9,17H,4-5H2,1-2H3;1H/t2*13-,17-,21-,35+;11-,32-;8-,9-;/m0000./s1. The number of hydrogen-bond acceptors (Lipinski definition) is 30. The van der Waals surface area contributed by atoms with E-state index < -0.39 is 178 Å².